The van der Waals surface area contributed by atoms with E-state index in [1.165, 1.54) is 18.3 Å². The zero-order valence-electron chi connectivity index (χ0n) is 15.6. The number of aromatic nitrogens is 1. The van der Waals surface area contributed by atoms with Crippen molar-refractivity contribution in [1.82, 2.24) is 9.88 Å². The van der Waals surface area contributed by atoms with E-state index in [1.807, 2.05) is 25.7 Å². The predicted octanol–water partition coefficient (Wildman–Crippen LogP) is 3.94. The first kappa shape index (κ1) is 19.9. The monoisotopic (exact) mass is 365 g/mol. The van der Waals surface area contributed by atoms with Crippen LogP contribution in [-0.2, 0) is 4.74 Å². The van der Waals surface area contributed by atoms with Crippen LogP contribution >= 0.6 is 0 Å². The maximum atomic E-state index is 12.4. The zero-order chi connectivity index (χ0) is 19.2. The number of pyridine rings is 1. The third-order valence-electron chi connectivity index (χ3n) is 4.12. The van der Waals surface area contributed by atoms with Gasteiger partial charge in [0.25, 0.3) is 5.69 Å². The molecule has 0 N–H and O–H groups in total. The van der Waals surface area contributed by atoms with Crippen LogP contribution in [0.1, 0.15) is 52.9 Å². The maximum Gasteiger partial charge on any atom is 0.410 e. The smallest absolute Gasteiger partial charge is 0.410 e. The van der Waals surface area contributed by atoms with E-state index in [0.29, 0.717) is 12.5 Å². The van der Waals surface area contributed by atoms with E-state index in [4.69, 9.17) is 9.47 Å². The van der Waals surface area contributed by atoms with Gasteiger partial charge in [-0.05, 0) is 52.9 Å². The van der Waals surface area contributed by atoms with Crippen LogP contribution in [0.25, 0.3) is 0 Å². The Bertz CT molecular complexity index is 612. The van der Waals surface area contributed by atoms with Crippen LogP contribution in [-0.4, -0.2) is 45.7 Å². The summed E-state index contributed by atoms with van der Waals surface area (Å²) in [6.07, 6.45) is 5.60. The molecule has 0 bridgehead atoms. The van der Waals surface area contributed by atoms with Crippen molar-refractivity contribution in [2.24, 2.45) is 0 Å². The predicted molar refractivity (Wildman–Crippen MR) is 96.2 cm³/mol. The molecule has 1 aliphatic heterocycles. The fourth-order valence-electron chi connectivity index (χ4n) is 2.92. The number of carbonyl (C=O) groups is 1. The van der Waals surface area contributed by atoms with E-state index >= 15 is 0 Å². The molecular weight excluding hydrogens is 338 g/mol. The van der Waals surface area contributed by atoms with Gasteiger partial charge in [0.1, 0.15) is 11.8 Å². The van der Waals surface area contributed by atoms with E-state index < -0.39 is 10.5 Å². The highest BCUT2D eigenvalue weighted by atomic mass is 16.6. The van der Waals surface area contributed by atoms with Gasteiger partial charge in [-0.15, -0.1) is 0 Å². The summed E-state index contributed by atoms with van der Waals surface area (Å²) >= 11 is 0. The number of rotatable bonds is 6. The highest BCUT2D eigenvalue weighted by molar-refractivity contribution is 5.68. The van der Waals surface area contributed by atoms with Crippen molar-refractivity contribution in [3.05, 3.63) is 28.4 Å². The van der Waals surface area contributed by atoms with Crippen LogP contribution in [0, 0.1) is 10.1 Å². The average molecular weight is 365 g/mol. The first-order valence-corrected chi connectivity index (χ1v) is 8.99. The van der Waals surface area contributed by atoms with Crippen LogP contribution in [0.2, 0.25) is 0 Å². The largest absolute Gasteiger partial charge is 0.478 e. The van der Waals surface area contributed by atoms with Crippen LogP contribution in [0.4, 0.5) is 10.5 Å². The number of nitro groups is 1. The van der Waals surface area contributed by atoms with Crippen molar-refractivity contribution in [2.45, 2.75) is 64.5 Å². The molecule has 1 fully saturated rings. The molecule has 1 atom stereocenters. The minimum absolute atomic E-state index is 0.0624. The van der Waals surface area contributed by atoms with Crippen LogP contribution < -0.4 is 4.74 Å². The van der Waals surface area contributed by atoms with Gasteiger partial charge in [-0.1, -0.05) is 0 Å². The van der Waals surface area contributed by atoms with Crippen molar-refractivity contribution >= 4 is 11.8 Å². The Morgan fingerprint density at radius 1 is 1.38 bits per heavy atom. The molecule has 1 aromatic rings. The molecule has 8 nitrogen and oxygen atoms in total. The SMILES string of the molecule is CC(C)(C)OC(=O)N1CCCC[C@@H]1CCCOc1ccc([N+](=O)[O-])cn1. The quantitative estimate of drug-likeness (QED) is 0.430. The summed E-state index contributed by atoms with van der Waals surface area (Å²) in [5.41, 5.74) is -0.559. The van der Waals surface area contributed by atoms with Gasteiger partial charge in [-0.3, -0.25) is 10.1 Å². The number of hydrogen-bond donors (Lipinski definition) is 0. The summed E-state index contributed by atoms with van der Waals surface area (Å²) in [7, 11) is 0. The Balaban J connectivity index is 1.79. The number of likely N-dealkylation sites (tertiary alicyclic amines) is 1. The molecule has 0 radical (unpaired) electrons. The lowest BCUT2D eigenvalue weighted by atomic mass is 9.98. The van der Waals surface area contributed by atoms with Crippen LogP contribution in [0.15, 0.2) is 18.3 Å². The highest BCUT2D eigenvalue weighted by Gasteiger charge is 2.30. The standard InChI is InChI=1S/C18H27N3O5/c1-18(2,3)26-17(22)20-11-5-4-7-14(20)8-6-12-25-16-10-9-15(13-19-16)21(23)24/h9-10,13-14H,4-8,11-12H2,1-3H3/t14-/m1/s1. The minimum atomic E-state index is -0.496. The number of nitrogens with zero attached hydrogens (tertiary/aromatic N) is 3. The van der Waals surface area contributed by atoms with Gasteiger partial charge in [0.15, 0.2) is 0 Å². The summed E-state index contributed by atoms with van der Waals surface area (Å²) in [6, 6.07) is 3.02. The number of hydrogen-bond acceptors (Lipinski definition) is 6. The van der Waals surface area contributed by atoms with E-state index in [9.17, 15) is 14.9 Å². The molecule has 8 heteroatoms. The first-order chi connectivity index (χ1) is 12.3. The van der Waals surface area contributed by atoms with Crippen molar-refractivity contribution in [1.29, 1.82) is 0 Å². The van der Waals surface area contributed by atoms with E-state index in [0.717, 1.165) is 38.6 Å². The second-order valence-corrected chi connectivity index (χ2v) is 7.43. The lowest BCUT2D eigenvalue weighted by molar-refractivity contribution is -0.385. The fourth-order valence-corrected chi connectivity index (χ4v) is 2.92. The molecule has 0 saturated carbocycles. The lowest BCUT2D eigenvalue weighted by Crippen LogP contribution is -2.46. The van der Waals surface area contributed by atoms with E-state index in [1.54, 1.807) is 0 Å². The summed E-state index contributed by atoms with van der Waals surface area (Å²) in [4.78, 5) is 28.2. The number of amides is 1. The molecule has 26 heavy (non-hydrogen) atoms. The normalized spacial score (nSPS) is 17.7. The molecule has 0 aliphatic carbocycles. The molecule has 1 aromatic heterocycles. The molecule has 1 saturated heterocycles. The number of ether oxygens (including phenoxy) is 2. The van der Waals surface area contributed by atoms with Gasteiger partial charge in [0, 0.05) is 24.7 Å². The molecule has 2 rings (SSSR count). The summed E-state index contributed by atoms with van der Waals surface area (Å²) in [5.74, 6) is 0.364. The molecule has 0 spiro atoms. The summed E-state index contributed by atoms with van der Waals surface area (Å²) < 4.78 is 11.0. The Morgan fingerprint density at radius 3 is 2.77 bits per heavy atom. The molecule has 1 aliphatic rings. The van der Waals surface area contributed by atoms with E-state index in [-0.39, 0.29) is 17.8 Å². The van der Waals surface area contributed by atoms with Gasteiger partial charge < -0.3 is 14.4 Å². The average Bonchev–Trinajstić information content (AvgIpc) is 2.58. The Labute approximate surface area is 153 Å². The van der Waals surface area contributed by atoms with Gasteiger partial charge in [0.05, 0.1) is 11.5 Å². The first-order valence-electron chi connectivity index (χ1n) is 8.99. The highest BCUT2D eigenvalue weighted by Crippen LogP contribution is 2.23. The number of piperidine rings is 1. The van der Waals surface area contributed by atoms with Crippen molar-refractivity contribution < 1.29 is 19.2 Å². The summed E-state index contributed by atoms with van der Waals surface area (Å²) in [6.45, 7) is 6.78. The van der Waals surface area contributed by atoms with Crippen molar-refractivity contribution in [3.8, 4) is 5.88 Å². The molecule has 0 aromatic carbocycles. The summed E-state index contributed by atoms with van der Waals surface area (Å²) in [5, 5.41) is 10.6. The van der Waals surface area contributed by atoms with Gasteiger partial charge in [0.2, 0.25) is 5.88 Å². The van der Waals surface area contributed by atoms with Gasteiger partial charge in [-0.25, -0.2) is 9.78 Å². The molecular formula is C18H27N3O5. The minimum Gasteiger partial charge on any atom is -0.478 e. The van der Waals surface area contributed by atoms with Gasteiger partial charge >= 0.3 is 6.09 Å². The lowest BCUT2D eigenvalue weighted by Gasteiger charge is -2.36. The van der Waals surface area contributed by atoms with Crippen molar-refractivity contribution in [3.63, 3.8) is 0 Å². The molecule has 1 amide bonds. The van der Waals surface area contributed by atoms with Gasteiger partial charge in [-0.2, -0.15) is 0 Å². The Kier molecular flexibility index (Phi) is 6.76. The van der Waals surface area contributed by atoms with Crippen LogP contribution in [0.5, 0.6) is 5.88 Å². The van der Waals surface area contributed by atoms with E-state index in [2.05, 4.69) is 4.98 Å². The second kappa shape index (κ2) is 8.82. The second-order valence-electron chi connectivity index (χ2n) is 7.43. The molecule has 0 unspecified atom stereocenters. The third-order valence-corrected chi connectivity index (χ3v) is 4.12. The van der Waals surface area contributed by atoms with Crippen molar-refractivity contribution in [2.75, 3.05) is 13.2 Å². The molecule has 2 heterocycles. The zero-order valence-corrected chi connectivity index (χ0v) is 15.6. The fraction of sp³-hybridized carbons (Fsp3) is 0.667. The number of carbonyl (C=O) groups excluding carboxylic acids is 1. The topological polar surface area (TPSA) is 94.8 Å². The maximum absolute atomic E-state index is 12.4. The Hall–Kier alpha value is -2.38. The third kappa shape index (κ3) is 6.16. The Morgan fingerprint density at radius 2 is 2.15 bits per heavy atom. The van der Waals surface area contributed by atoms with Crippen LogP contribution in [0.3, 0.4) is 0 Å². The molecule has 144 valence electrons.